The largest absolute Gasteiger partial charge is 0.494 e. The molecule has 242 valence electrons. The second-order valence-electron chi connectivity index (χ2n) is 10.9. The van der Waals surface area contributed by atoms with E-state index in [0.29, 0.717) is 35.6 Å². The molecule has 0 aliphatic carbocycles. The highest BCUT2D eigenvalue weighted by Crippen LogP contribution is 2.44. The van der Waals surface area contributed by atoms with E-state index in [1.807, 2.05) is 78.9 Å². The second kappa shape index (κ2) is 15.9. The van der Waals surface area contributed by atoms with Crippen LogP contribution in [0.2, 0.25) is 0 Å². The lowest BCUT2D eigenvalue weighted by molar-refractivity contribution is -0.134. The number of nitrogens with zero attached hydrogens (tertiary/aromatic N) is 4. The number of azide groups is 1. The van der Waals surface area contributed by atoms with Crippen LogP contribution in [0.15, 0.2) is 113 Å². The number of aliphatic hydroxyl groups is 1. The second-order valence-corrected chi connectivity index (χ2v) is 10.9. The van der Waals surface area contributed by atoms with Gasteiger partial charge in [-0.3, -0.25) is 4.79 Å². The van der Waals surface area contributed by atoms with E-state index < -0.39 is 23.8 Å². The number of benzene rings is 4. The number of hydrogen-bond donors (Lipinski definition) is 2. The standard InChI is InChI=1S/C36H37N5O6/c1-44-32(45-2)24-38-35(43)36(23-29-11-6-7-12-31(29)40-41-37)33(27-15-13-26(14-16-27)25-9-4-3-5-10-25)47-34(39-36)28-17-19-30(20-18-28)46-22-8-21-42/h3-7,9-20,32-33,42H,8,21-24H2,1-2H3,(H,38,43)/t33-,36-/m1/s1. The topological polar surface area (TPSA) is 147 Å². The molecule has 2 atom stereocenters. The molecule has 0 unspecified atom stereocenters. The van der Waals surface area contributed by atoms with E-state index in [0.717, 1.165) is 16.7 Å². The third kappa shape index (κ3) is 7.79. The number of nitrogens with one attached hydrogen (secondary N) is 1. The van der Waals surface area contributed by atoms with Gasteiger partial charge in [-0.2, -0.15) is 0 Å². The maximum Gasteiger partial charge on any atom is 0.252 e. The van der Waals surface area contributed by atoms with Crippen LogP contribution in [0.4, 0.5) is 5.69 Å². The van der Waals surface area contributed by atoms with E-state index in [-0.39, 0.29) is 25.5 Å². The van der Waals surface area contributed by atoms with Gasteiger partial charge in [0.2, 0.25) is 5.90 Å². The summed E-state index contributed by atoms with van der Waals surface area (Å²) in [5, 5.41) is 15.9. The Morgan fingerprint density at radius 2 is 1.62 bits per heavy atom. The molecule has 4 aromatic rings. The Bertz CT molecular complexity index is 1700. The SMILES string of the molecule is COC(CNC(=O)[C@]1(Cc2ccccc2N=[N+]=[N-])N=C(c2ccc(OCCCO)cc2)O[C@@H]1c1ccc(-c2ccccc2)cc1)OC. The molecule has 4 aromatic carbocycles. The molecule has 1 aliphatic heterocycles. The zero-order valence-electron chi connectivity index (χ0n) is 26.3. The van der Waals surface area contributed by atoms with Gasteiger partial charge in [-0.05, 0) is 52.1 Å². The maximum absolute atomic E-state index is 14.5. The summed E-state index contributed by atoms with van der Waals surface area (Å²) in [6, 6.07) is 32.2. The maximum atomic E-state index is 14.5. The van der Waals surface area contributed by atoms with Gasteiger partial charge in [0.1, 0.15) is 5.75 Å². The molecule has 0 fully saturated rings. The minimum atomic E-state index is -1.52. The summed E-state index contributed by atoms with van der Waals surface area (Å²) in [7, 11) is 2.99. The Morgan fingerprint density at radius 3 is 2.30 bits per heavy atom. The fourth-order valence-electron chi connectivity index (χ4n) is 5.45. The van der Waals surface area contributed by atoms with Crippen LogP contribution in [-0.2, 0) is 25.4 Å². The molecule has 0 aromatic heterocycles. The minimum Gasteiger partial charge on any atom is -0.494 e. The first-order valence-corrected chi connectivity index (χ1v) is 15.2. The average molecular weight is 636 g/mol. The summed E-state index contributed by atoms with van der Waals surface area (Å²) in [4.78, 5) is 22.5. The lowest BCUT2D eigenvalue weighted by Gasteiger charge is -2.31. The minimum absolute atomic E-state index is 0.0406. The fraction of sp³-hybridized carbons (Fsp3) is 0.278. The number of aliphatic hydroxyl groups excluding tert-OH is 1. The van der Waals surface area contributed by atoms with Gasteiger partial charge in [-0.25, -0.2) is 4.99 Å². The zero-order chi connectivity index (χ0) is 33.1. The van der Waals surface area contributed by atoms with Crippen LogP contribution in [0.5, 0.6) is 5.75 Å². The van der Waals surface area contributed by atoms with Crippen molar-refractivity contribution in [1.82, 2.24) is 5.32 Å². The number of ether oxygens (including phenoxy) is 4. The average Bonchev–Trinajstić information content (AvgIpc) is 3.51. The molecule has 1 aliphatic rings. The Morgan fingerprint density at radius 1 is 0.957 bits per heavy atom. The van der Waals surface area contributed by atoms with Gasteiger partial charge in [-0.15, -0.1) is 0 Å². The summed E-state index contributed by atoms with van der Waals surface area (Å²) in [6.45, 7) is 0.487. The van der Waals surface area contributed by atoms with Crippen molar-refractivity contribution in [1.29, 1.82) is 0 Å². The first kappa shape index (κ1) is 33.2. The number of amides is 1. The number of aliphatic imine (C=N–C) groups is 1. The van der Waals surface area contributed by atoms with Crippen molar-refractivity contribution < 1.29 is 28.8 Å². The monoisotopic (exact) mass is 635 g/mol. The van der Waals surface area contributed by atoms with Crippen LogP contribution in [0.1, 0.15) is 29.2 Å². The van der Waals surface area contributed by atoms with E-state index in [1.165, 1.54) is 14.2 Å². The normalized spacial score (nSPS) is 17.0. The Hall–Kier alpha value is -5.19. The predicted octanol–water partition coefficient (Wildman–Crippen LogP) is 6.29. The van der Waals surface area contributed by atoms with Gasteiger partial charge in [-0.1, -0.05) is 84.0 Å². The Kier molecular flexibility index (Phi) is 11.2. The molecular formula is C36H37N5O6. The van der Waals surface area contributed by atoms with Crippen LogP contribution in [0.25, 0.3) is 21.6 Å². The molecule has 0 bridgehead atoms. The molecule has 0 saturated heterocycles. The van der Waals surface area contributed by atoms with Crippen molar-refractivity contribution in [3.05, 3.63) is 130 Å². The number of carbonyl (C=O) groups is 1. The van der Waals surface area contributed by atoms with Gasteiger partial charge in [0.05, 0.1) is 13.2 Å². The molecule has 0 spiro atoms. The summed E-state index contributed by atoms with van der Waals surface area (Å²) >= 11 is 0. The first-order chi connectivity index (χ1) is 23.0. The summed E-state index contributed by atoms with van der Waals surface area (Å²) in [5.74, 6) is 0.491. The van der Waals surface area contributed by atoms with Crippen molar-refractivity contribution >= 4 is 17.5 Å². The third-order valence-electron chi connectivity index (χ3n) is 7.91. The third-order valence-corrected chi connectivity index (χ3v) is 7.91. The number of rotatable bonds is 15. The first-order valence-electron chi connectivity index (χ1n) is 15.2. The molecule has 1 heterocycles. The van der Waals surface area contributed by atoms with Crippen molar-refractivity contribution in [2.24, 2.45) is 10.1 Å². The molecule has 5 rings (SSSR count). The lowest BCUT2D eigenvalue weighted by Crippen LogP contribution is -2.51. The van der Waals surface area contributed by atoms with Crippen LogP contribution in [0.3, 0.4) is 0 Å². The highest BCUT2D eigenvalue weighted by molar-refractivity contribution is 6.01. The molecular weight excluding hydrogens is 598 g/mol. The van der Waals surface area contributed by atoms with Crippen molar-refractivity contribution in [2.75, 3.05) is 34.0 Å². The molecule has 0 radical (unpaired) electrons. The number of hydrogen-bond acceptors (Lipinski definition) is 8. The molecule has 11 nitrogen and oxygen atoms in total. The van der Waals surface area contributed by atoms with E-state index in [9.17, 15) is 10.3 Å². The van der Waals surface area contributed by atoms with E-state index in [1.54, 1.807) is 24.3 Å². The Labute approximate surface area is 273 Å². The fourth-order valence-corrected chi connectivity index (χ4v) is 5.45. The zero-order valence-corrected chi connectivity index (χ0v) is 26.3. The highest BCUT2D eigenvalue weighted by atomic mass is 16.7. The molecule has 47 heavy (non-hydrogen) atoms. The van der Waals surface area contributed by atoms with E-state index in [2.05, 4.69) is 15.3 Å². The van der Waals surface area contributed by atoms with Crippen LogP contribution < -0.4 is 10.1 Å². The molecule has 2 N–H and O–H groups in total. The van der Waals surface area contributed by atoms with Crippen LogP contribution in [-0.4, -0.2) is 62.7 Å². The van der Waals surface area contributed by atoms with Gasteiger partial charge in [0, 0.05) is 49.8 Å². The molecule has 1 amide bonds. The van der Waals surface area contributed by atoms with Crippen molar-refractivity contribution in [3.8, 4) is 16.9 Å². The smallest absolute Gasteiger partial charge is 0.252 e. The van der Waals surface area contributed by atoms with Gasteiger partial charge in [0.15, 0.2) is 17.9 Å². The quantitative estimate of drug-likeness (QED) is 0.0516. The summed E-state index contributed by atoms with van der Waals surface area (Å²) in [6.07, 6.45) is -0.954. The van der Waals surface area contributed by atoms with E-state index >= 15 is 0 Å². The number of carbonyl (C=O) groups excluding carboxylic acids is 1. The molecule has 0 saturated carbocycles. The summed E-state index contributed by atoms with van der Waals surface area (Å²) < 4.78 is 23.0. The summed E-state index contributed by atoms with van der Waals surface area (Å²) in [5.41, 5.74) is 12.2. The van der Waals surface area contributed by atoms with Crippen LogP contribution in [0, 0.1) is 0 Å². The van der Waals surface area contributed by atoms with Crippen LogP contribution >= 0.6 is 0 Å². The lowest BCUT2D eigenvalue weighted by atomic mass is 9.81. The highest BCUT2D eigenvalue weighted by Gasteiger charge is 2.53. The van der Waals surface area contributed by atoms with Crippen molar-refractivity contribution in [3.63, 3.8) is 0 Å². The van der Waals surface area contributed by atoms with Gasteiger partial charge in [0.25, 0.3) is 5.91 Å². The van der Waals surface area contributed by atoms with Crippen molar-refractivity contribution in [2.45, 2.75) is 30.8 Å². The Balaban J connectivity index is 1.60. The molecule has 11 heteroatoms. The van der Waals surface area contributed by atoms with Gasteiger partial charge >= 0.3 is 0 Å². The number of methoxy groups -OCH3 is 2. The predicted molar refractivity (Wildman–Crippen MR) is 178 cm³/mol. The van der Waals surface area contributed by atoms with Gasteiger partial charge < -0.3 is 29.4 Å². The van der Waals surface area contributed by atoms with E-state index in [4.69, 9.17) is 29.0 Å².